The summed E-state index contributed by atoms with van der Waals surface area (Å²) in [7, 11) is 0. The first-order chi connectivity index (χ1) is 50.3. The molecule has 22 rings (SSSR count). The average molecular weight is 2000 g/mol. The van der Waals surface area contributed by atoms with Gasteiger partial charge in [0.2, 0.25) is 0 Å². The van der Waals surface area contributed by atoms with Crippen LogP contribution in [0.1, 0.15) is 205 Å². The third-order valence-electron chi connectivity index (χ3n) is 48.4. The second kappa shape index (κ2) is 25.4. The third kappa shape index (κ3) is 8.86. The van der Waals surface area contributed by atoms with Crippen molar-refractivity contribution in [1.29, 1.82) is 0 Å². The molecule has 0 amide bonds. The fourth-order valence-electron chi connectivity index (χ4n) is 46.6. The van der Waals surface area contributed by atoms with Crippen molar-refractivity contribution in [2.75, 3.05) is 0 Å². The largest absolute Gasteiger partial charge is 0.0829 e. The van der Waals surface area contributed by atoms with Crippen LogP contribution in [0.4, 0.5) is 0 Å². The Labute approximate surface area is 719 Å². The second-order valence-electron chi connectivity index (χ2n) is 50.0. The number of fused-ring (bicyclic) bond motifs is 8. The van der Waals surface area contributed by atoms with Gasteiger partial charge < -0.3 is 0 Å². The van der Waals surface area contributed by atoms with Gasteiger partial charge >= 0.3 is 0 Å². The van der Waals surface area contributed by atoms with Gasteiger partial charge in [-0.25, -0.2) is 0 Å². The van der Waals surface area contributed by atoms with Gasteiger partial charge in [-0.1, -0.05) is 279 Å². The van der Waals surface area contributed by atoms with Crippen molar-refractivity contribution in [2.45, 2.75) is 224 Å². The van der Waals surface area contributed by atoms with Crippen molar-refractivity contribution in [2.24, 2.45) is 391 Å². The van der Waals surface area contributed by atoms with Crippen LogP contribution in [0.25, 0.3) is 0 Å². The predicted octanol–water partition coefficient (Wildman–Crippen LogP) is 26.8. The standard InChI is InChI=1S/C101H155I5/c1-31(2)38(13)61-44(19)43(18)51-27-52-60-36(11)25-56(103)72(60)53-28-58(105)73-55-30-59(106)74-54-29-57(104)71-50(26-37(12)102)45(20)65-49(24)67-66(42(17)35(9)10)62(39(14)32(3)4)46(21)69-81-64(41(16)34(7)8)48(23)70-82-63(40(15)33(5)6)47(22)68-80(61)75(51)90-76(52)77(53)88(73)98-92-79(55)89(74)99-91-78(54)87(71)83(65)95(84(67)69)100(91)93(81)86(70)97(99)101(92)94(82)85(68)96(90)98/h31-101H,25-30H2,1-24H3. The Morgan fingerprint density at radius 2 is 0.481 bits per heavy atom. The first kappa shape index (κ1) is 75.8. The summed E-state index contributed by atoms with van der Waals surface area (Å²) in [6.45, 7) is 70.0. The van der Waals surface area contributed by atoms with Crippen molar-refractivity contribution in [3.05, 3.63) is 0 Å². The predicted molar refractivity (Wildman–Crippen MR) is 483 cm³/mol. The summed E-state index contributed by atoms with van der Waals surface area (Å²) < 4.78 is 4.35. The van der Waals surface area contributed by atoms with Crippen LogP contribution in [0.15, 0.2) is 0 Å². The minimum absolute atomic E-state index is 0.744. The number of halogens is 5. The lowest BCUT2D eigenvalue weighted by Crippen LogP contribution is -2.86. The minimum Gasteiger partial charge on any atom is -0.0829 e. The molecule has 0 bridgehead atoms. The Balaban J connectivity index is 0.854. The molecule has 22 fully saturated rings. The SMILES string of the molecule is CC(I)CC1C(C)C2C(C)C3C(C(C)C(C)C)C(C(C)C(C)C)C(C)C4C5C(C(C)C(C)C)C(C)C6C7C(C(C)C(C)C)C(C)C8C9C(C(C)C(C)C)C(C)C(C)C%10CC%11C%12C(C)CC(I)C%12C%12CC(I)C%13C%14CC(I)C%15C%16CC(I)C1C1C%16C%16C%17C%15C%14C%14C%15C%13C%12C%11C(C%109)C%15C8C7C%14C%17C6C5C%16C(C34)C21. The molecular weight excluding hydrogens is 1850 g/mol. The molecule has 0 aromatic carbocycles. The molecule has 0 heterocycles. The molecule has 0 radical (unpaired) electrons. The molecule has 0 aromatic rings. The van der Waals surface area contributed by atoms with Crippen LogP contribution in [0, 0.1) is 391 Å². The quantitative estimate of drug-likeness (QED) is 0.135. The average Bonchev–Trinajstić information content (AvgIpc) is 0.635. The van der Waals surface area contributed by atoms with Crippen molar-refractivity contribution in [3.63, 3.8) is 0 Å². The monoisotopic (exact) mass is 2000 g/mol. The molecule has 0 N–H and O–H groups in total. The van der Waals surface area contributed by atoms with Crippen molar-refractivity contribution >= 4 is 113 Å². The maximum absolute atomic E-state index is 3.48. The van der Waals surface area contributed by atoms with Crippen LogP contribution < -0.4 is 0 Å². The van der Waals surface area contributed by atoms with Crippen molar-refractivity contribution in [1.82, 2.24) is 0 Å². The van der Waals surface area contributed by atoms with E-state index in [1.54, 1.807) is 32.1 Å². The summed E-state index contributed by atoms with van der Waals surface area (Å²) >= 11 is 16.5. The molecule has 106 heavy (non-hydrogen) atoms. The van der Waals surface area contributed by atoms with E-state index in [4.69, 9.17) is 0 Å². The highest BCUT2D eigenvalue weighted by atomic mass is 127. The van der Waals surface area contributed by atoms with E-state index in [-0.39, 0.29) is 0 Å². The second-order valence-corrected chi connectivity index (χ2v) is 58.5. The summed E-state index contributed by atoms with van der Waals surface area (Å²) in [5.74, 6) is 61.8. The fraction of sp³-hybridized carbons (Fsp3) is 1.00. The van der Waals surface area contributed by atoms with Gasteiger partial charge in [-0.2, -0.15) is 0 Å². The highest BCUT2D eigenvalue weighted by Gasteiger charge is 2.90. The first-order valence-corrected chi connectivity index (χ1v) is 54.7. The smallest absolute Gasteiger partial charge is 0.0146 e. The minimum atomic E-state index is 0.744. The normalized spacial score (nSPS) is 67.5. The lowest BCUT2D eigenvalue weighted by atomic mass is 9.15. The van der Waals surface area contributed by atoms with Crippen LogP contribution in [-0.4, -0.2) is 19.6 Å². The van der Waals surface area contributed by atoms with E-state index < -0.39 is 0 Å². The van der Waals surface area contributed by atoms with Crippen LogP contribution in [0.3, 0.4) is 0 Å². The maximum Gasteiger partial charge on any atom is 0.0146 e. The Morgan fingerprint density at radius 3 is 0.915 bits per heavy atom. The van der Waals surface area contributed by atoms with Gasteiger partial charge in [-0.3, -0.25) is 0 Å². The van der Waals surface area contributed by atoms with Crippen LogP contribution in [-0.2, 0) is 0 Å². The number of rotatable bonds is 12. The Hall–Kier alpha value is 3.65. The fourth-order valence-corrected chi connectivity index (χ4v) is 53.8. The summed E-state index contributed by atoms with van der Waals surface area (Å²) in [6.07, 6.45) is 9.65. The summed E-state index contributed by atoms with van der Waals surface area (Å²) in [6, 6.07) is 0. The van der Waals surface area contributed by atoms with Gasteiger partial charge in [-0.05, 0) is 429 Å². The lowest BCUT2D eigenvalue weighted by Gasteiger charge is -2.89. The zero-order valence-electron chi connectivity index (χ0n) is 71.1. The molecule has 0 aliphatic heterocycles. The van der Waals surface area contributed by atoms with Gasteiger partial charge in [-0.15, -0.1) is 0 Å². The molecule has 66 unspecified atom stereocenters. The van der Waals surface area contributed by atoms with Crippen LogP contribution >= 0.6 is 113 Å². The molecule has 594 valence electrons. The van der Waals surface area contributed by atoms with Gasteiger partial charge in [0.25, 0.3) is 0 Å². The van der Waals surface area contributed by atoms with Crippen molar-refractivity contribution in [3.8, 4) is 0 Å². The number of hydrogen-bond donors (Lipinski definition) is 0. The Morgan fingerprint density at radius 1 is 0.208 bits per heavy atom. The van der Waals surface area contributed by atoms with Crippen LogP contribution in [0.5, 0.6) is 0 Å². The molecule has 0 spiro atoms. The molecule has 22 aliphatic carbocycles. The van der Waals surface area contributed by atoms with E-state index in [0.717, 1.165) is 410 Å². The van der Waals surface area contributed by atoms with E-state index in [1.165, 1.54) is 6.42 Å². The van der Waals surface area contributed by atoms with Crippen molar-refractivity contribution < 1.29 is 0 Å². The molecule has 0 aromatic heterocycles. The zero-order chi connectivity index (χ0) is 74.2. The molecule has 22 aliphatic rings. The summed E-state index contributed by atoms with van der Waals surface area (Å²) in [4.78, 5) is 0. The molecule has 0 nitrogen and oxygen atoms in total. The lowest BCUT2D eigenvalue weighted by molar-refractivity contribution is -0.420. The molecule has 0 saturated heterocycles. The zero-order valence-corrected chi connectivity index (χ0v) is 81.9. The summed E-state index contributed by atoms with van der Waals surface area (Å²) in [5, 5.41) is 0. The molecule has 22 saturated carbocycles. The van der Waals surface area contributed by atoms with Gasteiger partial charge in [0.15, 0.2) is 0 Å². The maximum atomic E-state index is 3.48. The van der Waals surface area contributed by atoms with Gasteiger partial charge in [0.05, 0.1) is 0 Å². The highest BCUT2D eigenvalue weighted by molar-refractivity contribution is 14.1. The van der Waals surface area contributed by atoms with E-state index in [0.29, 0.717) is 0 Å². The molecular formula is C101H155I5. The van der Waals surface area contributed by atoms with E-state index in [2.05, 4.69) is 279 Å². The van der Waals surface area contributed by atoms with Gasteiger partial charge in [0, 0.05) is 19.6 Å². The highest BCUT2D eigenvalue weighted by Crippen LogP contribution is 2.93. The first-order valence-electron chi connectivity index (χ1n) is 48.5. The third-order valence-corrected chi connectivity index (χ3v) is 54.2. The van der Waals surface area contributed by atoms with Gasteiger partial charge in [0.1, 0.15) is 0 Å². The Bertz CT molecular complexity index is 3420. The van der Waals surface area contributed by atoms with E-state index in [1.807, 2.05) is 0 Å². The Kier molecular flexibility index (Phi) is 18.2. The summed E-state index contributed by atoms with van der Waals surface area (Å²) in [5.41, 5.74) is 0. The number of hydrogen-bond acceptors (Lipinski definition) is 0. The topological polar surface area (TPSA) is 0 Å². The molecule has 66 atom stereocenters. The molecule has 5 heteroatoms. The number of alkyl halides is 5. The van der Waals surface area contributed by atoms with Crippen LogP contribution in [0.2, 0.25) is 0 Å². The van der Waals surface area contributed by atoms with E-state index in [9.17, 15) is 0 Å². The van der Waals surface area contributed by atoms with E-state index >= 15 is 0 Å².